The Balaban J connectivity index is 1.59. The Hall–Kier alpha value is -2.63. The summed E-state index contributed by atoms with van der Waals surface area (Å²) in [5.41, 5.74) is 3.23. The molecule has 1 aromatic heterocycles. The smallest absolute Gasteiger partial charge is 0.283 e. The van der Waals surface area contributed by atoms with E-state index in [4.69, 9.17) is 17.0 Å². The summed E-state index contributed by atoms with van der Waals surface area (Å²) in [5.74, 6) is 0. The van der Waals surface area contributed by atoms with Crippen LogP contribution in [0.25, 0.3) is 0 Å². The lowest BCUT2D eigenvalue weighted by Crippen LogP contribution is -2.37. The molecule has 0 bridgehead atoms. The number of ether oxygens (including phenoxy) is 1. The number of thiocarbonyl (C=S) groups is 1. The van der Waals surface area contributed by atoms with E-state index in [1.807, 2.05) is 0 Å². The Morgan fingerprint density at radius 1 is 1.46 bits per heavy atom. The number of hydrogen-bond donors (Lipinski definition) is 2. The third-order valence-corrected chi connectivity index (χ3v) is 5.01. The van der Waals surface area contributed by atoms with Crippen LogP contribution in [0.15, 0.2) is 51.8 Å². The number of nitro benzene ring substituents is 1. The number of nitrogens with one attached hydrogen (secondary N) is 2. The van der Waals surface area contributed by atoms with E-state index in [1.54, 1.807) is 30.6 Å². The Morgan fingerprint density at radius 3 is 3.00 bits per heavy atom. The van der Waals surface area contributed by atoms with Gasteiger partial charge >= 0.3 is 0 Å². The highest BCUT2D eigenvalue weighted by Crippen LogP contribution is 2.33. The zero-order valence-electron chi connectivity index (χ0n) is 14.8. The molecule has 9 nitrogen and oxygen atoms in total. The molecule has 3 rings (SSSR count). The van der Waals surface area contributed by atoms with Crippen LogP contribution >= 0.6 is 24.0 Å². The van der Waals surface area contributed by atoms with Gasteiger partial charge in [0.15, 0.2) is 10.3 Å². The molecule has 1 aliphatic rings. The van der Waals surface area contributed by atoms with E-state index >= 15 is 0 Å². The van der Waals surface area contributed by atoms with Crippen molar-refractivity contribution in [1.82, 2.24) is 20.7 Å². The molecule has 1 aliphatic heterocycles. The van der Waals surface area contributed by atoms with Crippen molar-refractivity contribution in [3.8, 4) is 0 Å². The number of nitro groups is 1. The molecule has 2 aromatic rings. The minimum atomic E-state index is -0.441. The molecule has 0 amide bonds. The summed E-state index contributed by atoms with van der Waals surface area (Å²) in [6.45, 7) is 1.41. The minimum Gasteiger partial charge on any atom is -0.376 e. The van der Waals surface area contributed by atoms with Gasteiger partial charge in [-0.05, 0) is 49.0 Å². The lowest BCUT2D eigenvalue weighted by molar-refractivity contribution is -0.387. The average Bonchev–Trinajstić information content (AvgIpc) is 3.22. The van der Waals surface area contributed by atoms with E-state index in [1.165, 1.54) is 12.3 Å². The number of hydrazone groups is 1. The van der Waals surface area contributed by atoms with Crippen molar-refractivity contribution in [1.29, 1.82) is 0 Å². The van der Waals surface area contributed by atoms with Gasteiger partial charge in [-0.2, -0.15) is 5.10 Å². The average molecular weight is 419 g/mol. The summed E-state index contributed by atoms with van der Waals surface area (Å²) in [7, 11) is 0. The lowest BCUT2D eigenvalue weighted by atomic mass is 10.2. The Labute approximate surface area is 171 Å². The van der Waals surface area contributed by atoms with Crippen LogP contribution in [0.5, 0.6) is 0 Å². The molecule has 0 radical (unpaired) electrons. The molecule has 1 saturated heterocycles. The van der Waals surface area contributed by atoms with Gasteiger partial charge in [-0.25, -0.2) is 9.97 Å². The summed E-state index contributed by atoms with van der Waals surface area (Å²) in [5, 5.41) is 19.3. The van der Waals surface area contributed by atoms with Crippen LogP contribution in [-0.2, 0) is 4.74 Å². The molecule has 0 aliphatic carbocycles. The molecule has 11 heteroatoms. The van der Waals surface area contributed by atoms with Crippen molar-refractivity contribution in [2.45, 2.75) is 29.0 Å². The Morgan fingerprint density at radius 2 is 2.29 bits per heavy atom. The molecule has 1 fully saturated rings. The first kappa shape index (κ1) is 20.1. The van der Waals surface area contributed by atoms with Crippen molar-refractivity contribution in [3.05, 3.63) is 52.3 Å². The second-order valence-corrected chi connectivity index (χ2v) is 7.25. The van der Waals surface area contributed by atoms with Crippen molar-refractivity contribution in [2.24, 2.45) is 5.10 Å². The number of benzene rings is 1. The first-order valence-electron chi connectivity index (χ1n) is 8.53. The highest BCUT2D eigenvalue weighted by Gasteiger charge is 2.17. The fraction of sp³-hybridized carbons (Fsp3) is 0.294. The predicted octanol–water partition coefficient (Wildman–Crippen LogP) is 2.51. The molecule has 1 atom stereocenters. The van der Waals surface area contributed by atoms with E-state index < -0.39 is 4.92 Å². The van der Waals surface area contributed by atoms with Crippen molar-refractivity contribution < 1.29 is 9.66 Å². The van der Waals surface area contributed by atoms with E-state index in [9.17, 15) is 10.1 Å². The molecule has 0 saturated carbocycles. The third-order valence-electron chi connectivity index (χ3n) is 3.82. The predicted molar refractivity (Wildman–Crippen MR) is 110 cm³/mol. The zero-order valence-corrected chi connectivity index (χ0v) is 16.4. The van der Waals surface area contributed by atoms with E-state index in [2.05, 4.69) is 25.8 Å². The van der Waals surface area contributed by atoms with Crippen LogP contribution in [-0.4, -0.2) is 45.5 Å². The summed E-state index contributed by atoms with van der Waals surface area (Å²) in [4.78, 5) is 19.6. The van der Waals surface area contributed by atoms with E-state index in [0.29, 0.717) is 27.3 Å². The summed E-state index contributed by atoms with van der Waals surface area (Å²) < 4.78 is 5.50. The molecule has 2 heterocycles. The van der Waals surface area contributed by atoms with E-state index in [0.717, 1.165) is 31.2 Å². The van der Waals surface area contributed by atoms with Gasteiger partial charge in [0.05, 0.1) is 22.1 Å². The number of rotatable bonds is 7. The van der Waals surface area contributed by atoms with Crippen LogP contribution in [0.2, 0.25) is 0 Å². The molecule has 2 N–H and O–H groups in total. The zero-order chi connectivity index (χ0) is 19.8. The first-order chi connectivity index (χ1) is 13.6. The van der Waals surface area contributed by atoms with Crippen molar-refractivity contribution in [3.63, 3.8) is 0 Å². The van der Waals surface area contributed by atoms with Gasteiger partial charge in [-0.15, -0.1) is 0 Å². The normalized spacial score (nSPS) is 16.2. The molecule has 0 spiro atoms. The second kappa shape index (κ2) is 10.1. The molecule has 1 aromatic carbocycles. The lowest BCUT2D eigenvalue weighted by Gasteiger charge is -2.11. The molecule has 28 heavy (non-hydrogen) atoms. The fourth-order valence-electron chi connectivity index (χ4n) is 2.50. The SMILES string of the molecule is O=[N+]([O-])c1cc(/C=N\NC(=S)NC[C@@H]2CCCO2)ccc1Sc1ncccn1. The highest BCUT2D eigenvalue weighted by molar-refractivity contribution is 7.99. The maximum atomic E-state index is 11.4. The van der Waals surface area contributed by atoms with Gasteiger partial charge in [0, 0.05) is 37.2 Å². The first-order valence-corrected chi connectivity index (χ1v) is 9.76. The van der Waals surface area contributed by atoms with Gasteiger partial charge in [0.1, 0.15) is 0 Å². The van der Waals surface area contributed by atoms with Gasteiger partial charge in [0.2, 0.25) is 0 Å². The Bertz CT molecular complexity index is 859. The molecule has 146 valence electrons. The second-order valence-electron chi connectivity index (χ2n) is 5.83. The van der Waals surface area contributed by atoms with Crippen LogP contribution in [0.1, 0.15) is 18.4 Å². The number of nitrogens with zero attached hydrogens (tertiary/aromatic N) is 4. The Kier molecular flexibility index (Phi) is 7.23. The van der Waals surface area contributed by atoms with Gasteiger partial charge in [-0.3, -0.25) is 15.5 Å². The maximum Gasteiger partial charge on any atom is 0.283 e. The molecular weight excluding hydrogens is 400 g/mol. The minimum absolute atomic E-state index is 0.0412. The quantitative estimate of drug-likeness (QED) is 0.230. The van der Waals surface area contributed by atoms with Crippen LogP contribution < -0.4 is 10.7 Å². The monoisotopic (exact) mass is 418 g/mol. The van der Waals surface area contributed by atoms with Gasteiger partial charge in [-0.1, -0.05) is 6.07 Å². The van der Waals surface area contributed by atoms with Crippen molar-refractivity contribution in [2.75, 3.05) is 13.2 Å². The van der Waals surface area contributed by atoms with Crippen LogP contribution in [0, 0.1) is 10.1 Å². The molecule has 0 unspecified atom stereocenters. The summed E-state index contributed by atoms with van der Waals surface area (Å²) in [6, 6.07) is 6.51. The fourth-order valence-corrected chi connectivity index (χ4v) is 3.43. The number of aromatic nitrogens is 2. The van der Waals surface area contributed by atoms with E-state index in [-0.39, 0.29) is 11.8 Å². The van der Waals surface area contributed by atoms with Gasteiger partial charge < -0.3 is 10.1 Å². The van der Waals surface area contributed by atoms with Gasteiger partial charge in [0.25, 0.3) is 5.69 Å². The topological polar surface area (TPSA) is 115 Å². The maximum absolute atomic E-state index is 11.4. The summed E-state index contributed by atoms with van der Waals surface area (Å²) in [6.07, 6.45) is 6.90. The standard InChI is InChI=1S/C17H18N6O3S2/c24-23(25)14-9-12(4-5-15(14)28-17-18-6-2-7-19-17)10-21-22-16(27)20-11-13-3-1-8-26-13/h2,4-7,9-10,13H,1,3,8,11H2,(H2,20,22,27)/b21-10-/t13-/m0/s1. The largest absolute Gasteiger partial charge is 0.376 e. The van der Waals surface area contributed by atoms with Crippen molar-refractivity contribution >= 4 is 41.0 Å². The summed E-state index contributed by atoms with van der Waals surface area (Å²) >= 11 is 6.28. The van der Waals surface area contributed by atoms with Crippen LogP contribution in [0.3, 0.4) is 0 Å². The highest BCUT2D eigenvalue weighted by atomic mass is 32.2. The third kappa shape index (κ3) is 5.94. The number of hydrogen-bond acceptors (Lipinski definition) is 8. The van der Waals surface area contributed by atoms with Crippen LogP contribution in [0.4, 0.5) is 5.69 Å². The molecular formula is C17H18N6O3S2.